The molecule has 2 heterocycles. The lowest BCUT2D eigenvalue weighted by atomic mass is 9.92. The van der Waals surface area contributed by atoms with Crippen LogP contribution in [0, 0.1) is 5.92 Å². The van der Waals surface area contributed by atoms with Crippen LogP contribution in [0.15, 0.2) is 17.5 Å². The van der Waals surface area contributed by atoms with Crippen molar-refractivity contribution in [3.05, 3.63) is 22.4 Å². The Bertz CT molecular complexity index is 357. The molecule has 1 aromatic rings. The zero-order valence-electron chi connectivity index (χ0n) is 11.2. The summed E-state index contributed by atoms with van der Waals surface area (Å²) in [5, 5.41) is 9.76. The maximum absolute atomic E-state index is 3.88. The Kier molecular flexibility index (Phi) is 4.02. The van der Waals surface area contributed by atoms with Crippen molar-refractivity contribution in [2.45, 2.75) is 57.2 Å². The van der Waals surface area contributed by atoms with E-state index in [1.54, 1.807) is 0 Å². The average Bonchev–Trinajstić information content (AvgIpc) is 3.11. The van der Waals surface area contributed by atoms with Gasteiger partial charge >= 0.3 is 0 Å². The van der Waals surface area contributed by atoms with Crippen LogP contribution in [-0.2, 0) is 0 Å². The van der Waals surface area contributed by atoms with Crippen LogP contribution < -0.4 is 10.6 Å². The second kappa shape index (κ2) is 5.72. The molecule has 0 bridgehead atoms. The normalized spacial score (nSPS) is 33.9. The van der Waals surface area contributed by atoms with Gasteiger partial charge in [0, 0.05) is 23.0 Å². The van der Waals surface area contributed by atoms with E-state index < -0.39 is 0 Å². The second-order valence-corrected chi connectivity index (χ2v) is 6.79. The molecule has 2 N–H and O–H groups in total. The first-order valence-electron chi connectivity index (χ1n) is 7.37. The molecule has 1 saturated carbocycles. The molecule has 4 atom stereocenters. The summed E-state index contributed by atoms with van der Waals surface area (Å²) in [6.07, 6.45) is 6.92. The molecule has 100 valence electrons. The summed E-state index contributed by atoms with van der Waals surface area (Å²) in [5.41, 5.74) is 0. The zero-order valence-corrected chi connectivity index (χ0v) is 12.0. The van der Waals surface area contributed by atoms with Crippen molar-refractivity contribution >= 4 is 11.3 Å². The summed E-state index contributed by atoms with van der Waals surface area (Å²) in [7, 11) is 0. The van der Waals surface area contributed by atoms with E-state index >= 15 is 0 Å². The van der Waals surface area contributed by atoms with Gasteiger partial charge in [0.2, 0.25) is 0 Å². The van der Waals surface area contributed by atoms with Crippen LogP contribution in [0.25, 0.3) is 0 Å². The van der Waals surface area contributed by atoms with Crippen molar-refractivity contribution in [1.29, 1.82) is 0 Å². The molecule has 0 radical (unpaired) electrons. The van der Waals surface area contributed by atoms with Gasteiger partial charge in [0.1, 0.15) is 0 Å². The monoisotopic (exact) mass is 264 g/mol. The quantitative estimate of drug-likeness (QED) is 0.872. The molecule has 3 heteroatoms. The van der Waals surface area contributed by atoms with E-state index in [9.17, 15) is 0 Å². The first-order valence-corrected chi connectivity index (χ1v) is 8.25. The maximum atomic E-state index is 3.88. The molecule has 1 aliphatic heterocycles. The van der Waals surface area contributed by atoms with Crippen LogP contribution in [0.3, 0.4) is 0 Å². The van der Waals surface area contributed by atoms with Gasteiger partial charge in [0.25, 0.3) is 0 Å². The van der Waals surface area contributed by atoms with E-state index in [4.69, 9.17) is 0 Å². The largest absolute Gasteiger partial charge is 0.314 e. The first kappa shape index (κ1) is 12.6. The lowest BCUT2D eigenvalue weighted by Crippen LogP contribution is -2.42. The van der Waals surface area contributed by atoms with E-state index in [0.29, 0.717) is 6.04 Å². The smallest absolute Gasteiger partial charge is 0.0388 e. The van der Waals surface area contributed by atoms with E-state index in [1.807, 2.05) is 11.3 Å². The minimum atomic E-state index is 0.511. The number of hydrogen-bond donors (Lipinski definition) is 2. The van der Waals surface area contributed by atoms with Crippen molar-refractivity contribution in [3.8, 4) is 0 Å². The third-order valence-electron chi connectivity index (χ3n) is 4.62. The summed E-state index contributed by atoms with van der Waals surface area (Å²) in [6.45, 7) is 3.54. The Hall–Kier alpha value is -0.380. The fraction of sp³-hybridized carbons (Fsp3) is 0.733. The number of rotatable bonds is 4. The topological polar surface area (TPSA) is 24.1 Å². The molecule has 0 amide bonds. The van der Waals surface area contributed by atoms with Gasteiger partial charge in [-0.2, -0.15) is 0 Å². The number of hydrogen-bond acceptors (Lipinski definition) is 3. The van der Waals surface area contributed by atoms with Gasteiger partial charge in [-0.1, -0.05) is 12.5 Å². The zero-order chi connectivity index (χ0) is 12.4. The Morgan fingerprint density at radius 2 is 2.28 bits per heavy atom. The predicted molar refractivity (Wildman–Crippen MR) is 78.0 cm³/mol. The molecule has 2 aliphatic rings. The van der Waals surface area contributed by atoms with Crippen molar-refractivity contribution in [2.75, 3.05) is 6.54 Å². The molecule has 3 rings (SSSR count). The van der Waals surface area contributed by atoms with Crippen LogP contribution in [0.2, 0.25) is 0 Å². The predicted octanol–water partition coefficient (Wildman–Crippen LogP) is 3.32. The van der Waals surface area contributed by atoms with Crippen LogP contribution in [0.5, 0.6) is 0 Å². The molecule has 2 fully saturated rings. The highest BCUT2D eigenvalue weighted by atomic mass is 32.1. The van der Waals surface area contributed by atoms with Crippen molar-refractivity contribution in [1.82, 2.24) is 10.6 Å². The summed E-state index contributed by atoms with van der Waals surface area (Å²) in [4.78, 5) is 1.47. The lowest BCUT2D eigenvalue weighted by Gasteiger charge is -2.29. The van der Waals surface area contributed by atoms with Gasteiger partial charge < -0.3 is 10.6 Å². The standard InChI is InChI=1S/C15H24N2S/c1-11(15-8-4-10-18-15)17-14-6-2-5-12(14)13-7-3-9-16-13/h4,8,10-14,16-17H,2-3,5-7,9H2,1H3. The third kappa shape index (κ3) is 2.63. The van der Waals surface area contributed by atoms with E-state index in [-0.39, 0.29) is 0 Å². The molecule has 4 unspecified atom stereocenters. The second-order valence-electron chi connectivity index (χ2n) is 5.81. The molecular weight excluding hydrogens is 240 g/mol. The molecule has 0 aromatic carbocycles. The molecule has 0 spiro atoms. The number of nitrogens with one attached hydrogen (secondary N) is 2. The van der Waals surface area contributed by atoms with E-state index in [2.05, 4.69) is 35.1 Å². The molecule has 1 aromatic heterocycles. The minimum Gasteiger partial charge on any atom is -0.314 e. The van der Waals surface area contributed by atoms with Crippen LogP contribution in [-0.4, -0.2) is 18.6 Å². The third-order valence-corrected chi connectivity index (χ3v) is 5.67. The van der Waals surface area contributed by atoms with Gasteiger partial charge in [0.05, 0.1) is 0 Å². The first-order chi connectivity index (χ1) is 8.84. The van der Waals surface area contributed by atoms with E-state index in [0.717, 1.165) is 18.0 Å². The van der Waals surface area contributed by atoms with E-state index in [1.165, 1.54) is 43.5 Å². The Morgan fingerprint density at radius 1 is 1.33 bits per heavy atom. The summed E-state index contributed by atoms with van der Waals surface area (Å²) in [5.74, 6) is 0.856. The van der Waals surface area contributed by atoms with Crippen molar-refractivity contribution in [2.24, 2.45) is 5.92 Å². The van der Waals surface area contributed by atoms with Gasteiger partial charge in [0.15, 0.2) is 0 Å². The molecule has 18 heavy (non-hydrogen) atoms. The highest BCUT2D eigenvalue weighted by Gasteiger charge is 2.35. The Morgan fingerprint density at radius 3 is 3.00 bits per heavy atom. The summed E-state index contributed by atoms with van der Waals surface area (Å²) >= 11 is 1.87. The molecular formula is C15H24N2S. The highest BCUT2D eigenvalue weighted by molar-refractivity contribution is 7.10. The highest BCUT2D eigenvalue weighted by Crippen LogP contribution is 2.33. The minimum absolute atomic E-state index is 0.511. The Balaban J connectivity index is 1.60. The average molecular weight is 264 g/mol. The molecule has 1 aliphatic carbocycles. The van der Waals surface area contributed by atoms with Gasteiger partial charge in [-0.25, -0.2) is 0 Å². The summed E-state index contributed by atoms with van der Waals surface area (Å²) < 4.78 is 0. The summed E-state index contributed by atoms with van der Waals surface area (Å²) in [6, 6.07) is 6.42. The van der Waals surface area contributed by atoms with Gasteiger partial charge in [-0.3, -0.25) is 0 Å². The van der Waals surface area contributed by atoms with Crippen molar-refractivity contribution in [3.63, 3.8) is 0 Å². The fourth-order valence-electron chi connectivity index (χ4n) is 3.70. The maximum Gasteiger partial charge on any atom is 0.0388 e. The molecule has 2 nitrogen and oxygen atoms in total. The Labute approximate surface area is 114 Å². The fourth-order valence-corrected chi connectivity index (χ4v) is 4.44. The van der Waals surface area contributed by atoms with Crippen LogP contribution >= 0.6 is 11.3 Å². The van der Waals surface area contributed by atoms with Gasteiger partial charge in [-0.05, 0) is 56.5 Å². The van der Waals surface area contributed by atoms with Gasteiger partial charge in [-0.15, -0.1) is 11.3 Å². The molecule has 1 saturated heterocycles. The number of thiophene rings is 1. The van der Waals surface area contributed by atoms with Crippen molar-refractivity contribution < 1.29 is 0 Å². The lowest BCUT2D eigenvalue weighted by molar-refractivity contribution is 0.304. The van der Waals surface area contributed by atoms with Crippen LogP contribution in [0.1, 0.15) is 49.9 Å². The van der Waals surface area contributed by atoms with Crippen LogP contribution in [0.4, 0.5) is 0 Å². The SMILES string of the molecule is CC(NC1CCCC1C1CCCN1)c1cccs1.